The first kappa shape index (κ1) is 14.6. The second-order valence-electron chi connectivity index (χ2n) is 4.87. The average Bonchev–Trinajstić information content (AvgIpc) is 2.37. The van der Waals surface area contributed by atoms with Crippen molar-refractivity contribution in [2.24, 2.45) is 11.8 Å². The molecule has 3 heteroatoms. The lowest BCUT2D eigenvalue weighted by atomic mass is 9.90. The van der Waals surface area contributed by atoms with Crippen molar-refractivity contribution in [1.82, 2.24) is 0 Å². The van der Waals surface area contributed by atoms with Crippen LogP contribution < -0.4 is 4.74 Å². The second kappa shape index (κ2) is 7.04. The van der Waals surface area contributed by atoms with E-state index in [1.54, 1.807) is 7.11 Å². The topological polar surface area (TPSA) is 35.5 Å². The number of hydrogen-bond donors (Lipinski definition) is 0. The Balaban J connectivity index is 2.85. The van der Waals surface area contributed by atoms with Gasteiger partial charge >= 0.3 is 5.97 Å². The molecule has 1 rings (SSSR count). The van der Waals surface area contributed by atoms with Crippen LogP contribution >= 0.6 is 0 Å². The number of methoxy groups -OCH3 is 2. The Kier molecular flexibility index (Phi) is 5.69. The molecule has 0 aliphatic rings. The number of para-hydroxylation sites is 1. The van der Waals surface area contributed by atoms with E-state index in [4.69, 9.17) is 9.47 Å². The molecular weight excluding hydrogens is 228 g/mol. The fourth-order valence-electron chi connectivity index (χ4n) is 2.14. The van der Waals surface area contributed by atoms with E-state index in [0.717, 1.165) is 17.7 Å². The van der Waals surface area contributed by atoms with Gasteiger partial charge < -0.3 is 9.47 Å². The van der Waals surface area contributed by atoms with Crippen LogP contribution in [-0.2, 0) is 16.0 Å². The van der Waals surface area contributed by atoms with E-state index >= 15 is 0 Å². The van der Waals surface area contributed by atoms with Crippen molar-refractivity contribution in [1.29, 1.82) is 0 Å². The third kappa shape index (κ3) is 4.06. The molecule has 0 fully saturated rings. The van der Waals surface area contributed by atoms with Gasteiger partial charge in [0.25, 0.3) is 0 Å². The minimum atomic E-state index is -0.144. The van der Waals surface area contributed by atoms with Crippen molar-refractivity contribution in [3.8, 4) is 5.75 Å². The molecule has 18 heavy (non-hydrogen) atoms. The molecule has 1 atom stereocenters. The summed E-state index contributed by atoms with van der Waals surface area (Å²) in [4.78, 5) is 11.8. The molecule has 1 aromatic carbocycles. The van der Waals surface area contributed by atoms with E-state index in [2.05, 4.69) is 13.8 Å². The van der Waals surface area contributed by atoms with Crippen LogP contribution in [0.1, 0.15) is 25.8 Å². The zero-order valence-corrected chi connectivity index (χ0v) is 11.6. The van der Waals surface area contributed by atoms with Gasteiger partial charge in [0.2, 0.25) is 0 Å². The van der Waals surface area contributed by atoms with Gasteiger partial charge in [-0.3, -0.25) is 4.79 Å². The molecule has 0 saturated carbocycles. The standard InChI is InChI=1S/C15H22O3/c1-11(2)9-13(15(16)18-4)10-12-7-5-6-8-14(12)17-3/h5-8,11,13H,9-10H2,1-4H3. The molecule has 0 radical (unpaired) electrons. The summed E-state index contributed by atoms with van der Waals surface area (Å²) in [6.07, 6.45) is 1.49. The SMILES string of the molecule is COC(=O)C(Cc1ccccc1OC)CC(C)C. The molecule has 100 valence electrons. The minimum Gasteiger partial charge on any atom is -0.496 e. The molecule has 0 aliphatic carbocycles. The third-order valence-corrected chi connectivity index (χ3v) is 2.95. The first-order valence-corrected chi connectivity index (χ1v) is 6.28. The van der Waals surface area contributed by atoms with Gasteiger partial charge in [0.15, 0.2) is 0 Å². The maximum Gasteiger partial charge on any atom is 0.309 e. The van der Waals surface area contributed by atoms with Gasteiger partial charge in [0.05, 0.1) is 20.1 Å². The molecule has 0 N–H and O–H groups in total. The molecule has 3 nitrogen and oxygen atoms in total. The van der Waals surface area contributed by atoms with E-state index < -0.39 is 0 Å². The summed E-state index contributed by atoms with van der Waals surface area (Å²) in [7, 11) is 3.09. The van der Waals surface area contributed by atoms with Crippen LogP contribution in [0.25, 0.3) is 0 Å². The number of rotatable bonds is 6. The summed E-state index contributed by atoms with van der Waals surface area (Å²) in [6, 6.07) is 7.80. The lowest BCUT2D eigenvalue weighted by Crippen LogP contribution is -2.20. The third-order valence-electron chi connectivity index (χ3n) is 2.95. The summed E-state index contributed by atoms with van der Waals surface area (Å²) in [5.41, 5.74) is 1.05. The smallest absolute Gasteiger partial charge is 0.309 e. The van der Waals surface area contributed by atoms with Crippen LogP contribution in [0, 0.1) is 11.8 Å². The summed E-state index contributed by atoms with van der Waals surface area (Å²) < 4.78 is 10.2. The Labute approximate surface area is 109 Å². The van der Waals surface area contributed by atoms with Gasteiger partial charge in [0.1, 0.15) is 5.75 Å². The predicted molar refractivity (Wildman–Crippen MR) is 71.7 cm³/mol. The van der Waals surface area contributed by atoms with Crippen LogP contribution in [-0.4, -0.2) is 20.2 Å². The monoisotopic (exact) mass is 250 g/mol. The fraction of sp³-hybridized carbons (Fsp3) is 0.533. The quantitative estimate of drug-likeness (QED) is 0.728. The Morgan fingerprint density at radius 2 is 1.89 bits per heavy atom. The molecule has 1 aromatic rings. The van der Waals surface area contributed by atoms with Gasteiger partial charge in [-0.25, -0.2) is 0 Å². The minimum absolute atomic E-state index is 0.105. The Bertz CT molecular complexity index is 385. The van der Waals surface area contributed by atoms with Crippen molar-refractivity contribution < 1.29 is 14.3 Å². The predicted octanol–water partition coefficient (Wildman–Crippen LogP) is 3.07. The molecule has 0 bridgehead atoms. The van der Waals surface area contributed by atoms with Gasteiger partial charge in [-0.15, -0.1) is 0 Å². The molecule has 0 spiro atoms. The lowest BCUT2D eigenvalue weighted by Gasteiger charge is -2.18. The Morgan fingerprint density at radius 3 is 2.44 bits per heavy atom. The second-order valence-corrected chi connectivity index (χ2v) is 4.87. The van der Waals surface area contributed by atoms with Crippen molar-refractivity contribution in [3.63, 3.8) is 0 Å². The molecule has 0 saturated heterocycles. The highest BCUT2D eigenvalue weighted by Crippen LogP contribution is 2.24. The highest BCUT2D eigenvalue weighted by molar-refractivity contribution is 5.72. The average molecular weight is 250 g/mol. The van der Waals surface area contributed by atoms with Crippen LogP contribution in [0.3, 0.4) is 0 Å². The number of hydrogen-bond acceptors (Lipinski definition) is 3. The van der Waals surface area contributed by atoms with E-state index in [9.17, 15) is 4.79 Å². The molecule has 0 aliphatic heterocycles. The maximum atomic E-state index is 11.8. The largest absolute Gasteiger partial charge is 0.496 e. The van der Waals surface area contributed by atoms with Gasteiger partial charge in [-0.1, -0.05) is 32.0 Å². The van der Waals surface area contributed by atoms with Crippen LogP contribution in [0.4, 0.5) is 0 Å². The Hall–Kier alpha value is -1.51. The zero-order chi connectivity index (χ0) is 13.5. The number of ether oxygens (including phenoxy) is 2. The number of esters is 1. The zero-order valence-electron chi connectivity index (χ0n) is 11.6. The van der Waals surface area contributed by atoms with Crippen LogP contribution in [0.15, 0.2) is 24.3 Å². The van der Waals surface area contributed by atoms with E-state index in [1.165, 1.54) is 7.11 Å². The maximum absolute atomic E-state index is 11.8. The molecule has 0 amide bonds. The fourth-order valence-corrected chi connectivity index (χ4v) is 2.14. The molecule has 1 unspecified atom stereocenters. The first-order chi connectivity index (χ1) is 8.58. The van der Waals surface area contributed by atoms with Crippen LogP contribution in [0.5, 0.6) is 5.75 Å². The Morgan fingerprint density at radius 1 is 1.22 bits per heavy atom. The first-order valence-electron chi connectivity index (χ1n) is 6.28. The highest BCUT2D eigenvalue weighted by Gasteiger charge is 2.22. The normalized spacial score (nSPS) is 12.3. The van der Waals surface area contributed by atoms with E-state index in [1.807, 2.05) is 24.3 Å². The summed E-state index contributed by atoms with van der Waals surface area (Å²) in [5, 5.41) is 0. The number of carbonyl (C=O) groups excluding carboxylic acids is 1. The van der Waals surface area contributed by atoms with Crippen molar-refractivity contribution in [2.45, 2.75) is 26.7 Å². The molecule has 0 heterocycles. The van der Waals surface area contributed by atoms with Crippen molar-refractivity contribution in [3.05, 3.63) is 29.8 Å². The number of benzene rings is 1. The van der Waals surface area contributed by atoms with Crippen molar-refractivity contribution in [2.75, 3.05) is 14.2 Å². The van der Waals surface area contributed by atoms with Gasteiger partial charge in [-0.2, -0.15) is 0 Å². The van der Waals surface area contributed by atoms with Gasteiger partial charge in [0, 0.05) is 0 Å². The number of carbonyl (C=O) groups is 1. The summed E-state index contributed by atoms with van der Waals surface area (Å²) >= 11 is 0. The van der Waals surface area contributed by atoms with E-state index in [0.29, 0.717) is 12.3 Å². The highest BCUT2D eigenvalue weighted by atomic mass is 16.5. The summed E-state index contributed by atoms with van der Waals surface area (Å²) in [5.74, 6) is 1.04. The van der Waals surface area contributed by atoms with E-state index in [-0.39, 0.29) is 11.9 Å². The molecule has 0 aromatic heterocycles. The summed E-state index contributed by atoms with van der Waals surface area (Å²) in [6.45, 7) is 4.22. The van der Waals surface area contributed by atoms with Crippen molar-refractivity contribution >= 4 is 5.97 Å². The molecular formula is C15H22O3. The van der Waals surface area contributed by atoms with Gasteiger partial charge in [-0.05, 0) is 30.4 Å². The lowest BCUT2D eigenvalue weighted by molar-refractivity contribution is -0.146. The van der Waals surface area contributed by atoms with Crippen LogP contribution in [0.2, 0.25) is 0 Å².